The number of halogens is 1. The standard InChI is InChI=1S/C16H17FN2O3/c1-22-9-12-7-15(19-5-4-10(8-19)16(20)21)13-6-11(17)2-3-14(13)18-12/h2-3,6-7,10H,4-5,8-9H2,1H3,(H,20,21). The molecule has 1 aliphatic rings. The van der Waals surface area contributed by atoms with E-state index in [1.807, 2.05) is 11.0 Å². The first-order valence-corrected chi connectivity index (χ1v) is 7.14. The highest BCUT2D eigenvalue weighted by molar-refractivity contribution is 5.92. The molecule has 3 rings (SSSR count). The van der Waals surface area contributed by atoms with Crippen LogP contribution in [0.3, 0.4) is 0 Å². The zero-order valence-electron chi connectivity index (χ0n) is 12.3. The van der Waals surface area contributed by atoms with E-state index in [1.165, 1.54) is 12.1 Å². The first-order chi connectivity index (χ1) is 10.6. The summed E-state index contributed by atoms with van der Waals surface area (Å²) in [6, 6.07) is 6.32. The molecule has 2 aromatic rings. The molecule has 0 bridgehead atoms. The third-order valence-corrected chi connectivity index (χ3v) is 3.97. The van der Waals surface area contributed by atoms with E-state index in [9.17, 15) is 9.18 Å². The van der Waals surface area contributed by atoms with Gasteiger partial charge < -0.3 is 14.7 Å². The summed E-state index contributed by atoms with van der Waals surface area (Å²) in [5.41, 5.74) is 2.25. The highest BCUT2D eigenvalue weighted by Crippen LogP contribution is 2.31. The first-order valence-electron chi connectivity index (χ1n) is 7.14. The average molecular weight is 304 g/mol. The topological polar surface area (TPSA) is 62.7 Å². The van der Waals surface area contributed by atoms with E-state index in [-0.39, 0.29) is 11.7 Å². The van der Waals surface area contributed by atoms with Gasteiger partial charge in [0.2, 0.25) is 0 Å². The van der Waals surface area contributed by atoms with Crippen LogP contribution in [0.1, 0.15) is 12.1 Å². The van der Waals surface area contributed by atoms with Crippen molar-refractivity contribution in [1.82, 2.24) is 4.98 Å². The Morgan fingerprint density at radius 1 is 1.50 bits per heavy atom. The molecule has 0 saturated carbocycles. The number of aromatic nitrogens is 1. The summed E-state index contributed by atoms with van der Waals surface area (Å²) in [6.45, 7) is 1.42. The van der Waals surface area contributed by atoms with Crippen molar-refractivity contribution >= 4 is 22.6 Å². The van der Waals surface area contributed by atoms with Crippen LogP contribution in [0, 0.1) is 11.7 Å². The maximum Gasteiger partial charge on any atom is 0.308 e. The molecule has 1 fully saturated rings. The number of aliphatic carboxylic acids is 1. The third-order valence-electron chi connectivity index (χ3n) is 3.97. The van der Waals surface area contributed by atoms with Crippen molar-refractivity contribution in [3.63, 3.8) is 0 Å². The summed E-state index contributed by atoms with van der Waals surface area (Å²) < 4.78 is 18.7. The number of anilines is 1. The lowest BCUT2D eigenvalue weighted by Crippen LogP contribution is -2.23. The summed E-state index contributed by atoms with van der Waals surface area (Å²) in [5, 5.41) is 9.86. The molecule has 6 heteroatoms. The van der Waals surface area contributed by atoms with Gasteiger partial charge in [-0.3, -0.25) is 9.78 Å². The number of pyridine rings is 1. The second-order valence-electron chi connectivity index (χ2n) is 5.50. The Kier molecular flexibility index (Phi) is 3.94. The maximum atomic E-state index is 13.6. The van der Waals surface area contributed by atoms with Crippen molar-refractivity contribution in [2.75, 3.05) is 25.1 Å². The predicted octanol–water partition coefficient (Wildman–Crippen LogP) is 2.43. The number of fused-ring (bicyclic) bond motifs is 1. The Bertz CT molecular complexity index is 720. The van der Waals surface area contributed by atoms with Crippen LogP contribution >= 0.6 is 0 Å². The number of hydrogen-bond acceptors (Lipinski definition) is 4. The highest BCUT2D eigenvalue weighted by Gasteiger charge is 2.29. The number of methoxy groups -OCH3 is 1. The van der Waals surface area contributed by atoms with Crippen LogP contribution in [0.2, 0.25) is 0 Å². The van der Waals surface area contributed by atoms with E-state index in [0.29, 0.717) is 37.0 Å². The zero-order valence-corrected chi connectivity index (χ0v) is 12.3. The van der Waals surface area contributed by atoms with Crippen LogP contribution in [-0.4, -0.2) is 36.3 Å². The van der Waals surface area contributed by atoms with Crippen LogP contribution in [0.25, 0.3) is 10.9 Å². The molecule has 1 aromatic heterocycles. The molecule has 0 spiro atoms. The van der Waals surface area contributed by atoms with Gasteiger partial charge in [-0.1, -0.05) is 0 Å². The van der Waals surface area contributed by atoms with E-state index in [0.717, 1.165) is 11.4 Å². The van der Waals surface area contributed by atoms with Crippen molar-refractivity contribution in [3.05, 3.63) is 35.8 Å². The van der Waals surface area contributed by atoms with Crippen molar-refractivity contribution in [2.24, 2.45) is 5.92 Å². The number of carbonyl (C=O) groups is 1. The summed E-state index contributed by atoms with van der Waals surface area (Å²) in [4.78, 5) is 17.6. The van der Waals surface area contributed by atoms with Crippen LogP contribution in [0.4, 0.5) is 10.1 Å². The monoisotopic (exact) mass is 304 g/mol. The fraction of sp³-hybridized carbons (Fsp3) is 0.375. The lowest BCUT2D eigenvalue weighted by Gasteiger charge is -2.21. The van der Waals surface area contributed by atoms with E-state index >= 15 is 0 Å². The van der Waals surface area contributed by atoms with E-state index in [4.69, 9.17) is 9.84 Å². The Labute approximate surface area is 127 Å². The van der Waals surface area contributed by atoms with E-state index in [2.05, 4.69) is 4.98 Å². The largest absolute Gasteiger partial charge is 0.481 e. The Hall–Kier alpha value is -2.21. The number of rotatable bonds is 4. The lowest BCUT2D eigenvalue weighted by atomic mass is 10.1. The molecule has 0 radical (unpaired) electrons. The molecule has 1 saturated heterocycles. The van der Waals surface area contributed by atoms with E-state index < -0.39 is 5.97 Å². The van der Waals surface area contributed by atoms with Gasteiger partial charge >= 0.3 is 5.97 Å². The fourth-order valence-corrected chi connectivity index (χ4v) is 2.90. The summed E-state index contributed by atoms with van der Waals surface area (Å²) in [6.07, 6.45) is 0.591. The molecule has 1 atom stereocenters. The molecule has 5 nitrogen and oxygen atoms in total. The van der Waals surface area contributed by atoms with Crippen molar-refractivity contribution in [3.8, 4) is 0 Å². The minimum absolute atomic E-state index is 0.330. The number of hydrogen-bond donors (Lipinski definition) is 1. The second kappa shape index (κ2) is 5.88. The average Bonchev–Trinajstić information content (AvgIpc) is 2.97. The molecule has 0 amide bonds. The lowest BCUT2D eigenvalue weighted by molar-refractivity contribution is -0.140. The molecule has 1 aliphatic heterocycles. The molecule has 116 valence electrons. The smallest absolute Gasteiger partial charge is 0.308 e. The molecule has 1 unspecified atom stereocenters. The molecule has 2 heterocycles. The Balaban J connectivity index is 2.06. The predicted molar refractivity (Wildman–Crippen MR) is 80.4 cm³/mol. The third kappa shape index (κ3) is 2.74. The van der Waals surface area contributed by atoms with Crippen LogP contribution in [-0.2, 0) is 16.1 Å². The van der Waals surface area contributed by atoms with Gasteiger partial charge in [-0.25, -0.2) is 4.39 Å². The van der Waals surface area contributed by atoms with Crippen LogP contribution in [0.5, 0.6) is 0 Å². The van der Waals surface area contributed by atoms with Gasteiger partial charge in [-0.15, -0.1) is 0 Å². The summed E-state index contributed by atoms with van der Waals surface area (Å²) in [5.74, 6) is -1.50. The molecule has 1 N–H and O–H groups in total. The van der Waals surface area contributed by atoms with Gasteiger partial charge in [0.15, 0.2) is 0 Å². The van der Waals surface area contributed by atoms with E-state index in [1.54, 1.807) is 13.2 Å². The van der Waals surface area contributed by atoms with Crippen LogP contribution in [0.15, 0.2) is 24.3 Å². The van der Waals surface area contributed by atoms with Gasteiger partial charge in [0.1, 0.15) is 5.82 Å². The number of carboxylic acid groups (broad SMARTS) is 1. The van der Waals surface area contributed by atoms with Gasteiger partial charge in [-0.2, -0.15) is 0 Å². The zero-order chi connectivity index (χ0) is 15.7. The highest BCUT2D eigenvalue weighted by atomic mass is 19.1. The maximum absolute atomic E-state index is 13.6. The minimum Gasteiger partial charge on any atom is -0.481 e. The quantitative estimate of drug-likeness (QED) is 0.940. The number of nitrogens with zero attached hydrogens (tertiary/aromatic N) is 2. The second-order valence-corrected chi connectivity index (χ2v) is 5.50. The number of ether oxygens (including phenoxy) is 1. The minimum atomic E-state index is -0.788. The summed E-state index contributed by atoms with van der Waals surface area (Å²) in [7, 11) is 1.59. The SMILES string of the molecule is COCc1cc(N2CCC(C(=O)O)C2)c2cc(F)ccc2n1. The number of benzene rings is 1. The number of carboxylic acids is 1. The Morgan fingerprint density at radius 3 is 3.00 bits per heavy atom. The fourth-order valence-electron chi connectivity index (χ4n) is 2.90. The Morgan fingerprint density at radius 2 is 2.32 bits per heavy atom. The van der Waals surface area contributed by atoms with Crippen molar-refractivity contribution < 1.29 is 19.0 Å². The molecular weight excluding hydrogens is 287 g/mol. The molecular formula is C16H17FN2O3. The first kappa shape index (κ1) is 14.7. The van der Waals surface area contributed by atoms with Gasteiger partial charge in [0.25, 0.3) is 0 Å². The summed E-state index contributed by atoms with van der Waals surface area (Å²) >= 11 is 0. The van der Waals surface area contributed by atoms with Crippen molar-refractivity contribution in [1.29, 1.82) is 0 Å². The van der Waals surface area contributed by atoms with Crippen molar-refractivity contribution in [2.45, 2.75) is 13.0 Å². The van der Waals surface area contributed by atoms with Gasteiger partial charge in [0.05, 0.1) is 23.7 Å². The normalized spacial score (nSPS) is 18.1. The van der Waals surface area contributed by atoms with Gasteiger partial charge in [0, 0.05) is 31.3 Å². The molecule has 0 aliphatic carbocycles. The molecule has 1 aromatic carbocycles. The van der Waals surface area contributed by atoms with Crippen LogP contribution < -0.4 is 4.90 Å². The molecule has 22 heavy (non-hydrogen) atoms. The van der Waals surface area contributed by atoms with Gasteiger partial charge in [-0.05, 0) is 30.7 Å².